The molecule has 0 aromatic rings. The van der Waals surface area contributed by atoms with Gasteiger partial charge < -0.3 is 14.2 Å². The molecule has 0 amide bonds. The molecule has 0 aliphatic heterocycles. The van der Waals surface area contributed by atoms with Crippen LogP contribution in [0.25, 0.3) is 0 Å². The van der Waals surface area contributed by atoms with Crippen molar-refractivity contribution in [3.05, 3.63) is 0 Å². The maximum atomic E-state index is 12.9. The number of hydrogen-bond acceptors (Lipinski definition) is 6. The molecule has 0 aliphatic carbocycles. The maximum Gasteiger partial charge on any atom is 0.306 e. The van der Waals surface area contributed by atoms with Crippen LogP contribution in [0, 0.1) is 17.8 Å². The lowest BCUT2D eigenvalue weighted by molar-refractivity contribution is -0.167. The zero-order chi connectivity index (χ0) is 54.1. The van der Waals surface area contributed by atoms with Crippen LogP contribution in [0.4, 0.5) is 0 Å². The Morgan fingerprint density at radius 3 is 0.703 bits per heavy atom. The third kappa shape index (κ3) is 58.1. The molecule has 6 heteroatoms. The van der Waals surface area contributed by atoms with Gasteiger partial charge in [-0.25, -0.2) is 0 Å². The first-order valence-corrected chi connectivity index (χ1v) is 33.7. The van der Waals surface area contributed by atoms with E-state index < -0.39 is 6.10 Å². The normalized spacial score (nSPS) is 12.9. The smallest absolute Gasteiger partial charge is 0.306 e. The first kappa shape index (κ1) is 72.4. The van der Waals surface area contributed by atoms with Gasteiger partial charge in [0.15, 0.2) is 6.10 Å². The first-order chi connectivity index (χ1) is 36.2. The Labute approximate surface area is 463 Å². The van der Waals surface area contributed by atoms with Gasteiger partial charge in [0.2, 0.25) is 0 Å². The molecule has 2 unspecified atom stereocenters. The second-order valence-electron chi connectivity index (χ2n) is 24.4. The van der Waals surface area contributed by atoms with E-state index in [4.69, 9.17) is 14.2 Å². The van der Waals surface area contributed by atoms with Crippen molar-refractivity contribution in [2.24, 2.45) is 17.8 Å². The number of carbonyl (C=O) groups excluding carboxylic acids is 3. The topological polar surface area (TPSA) is 78.9 Å². The number of ether oxygens (including phenoxy) is 3. The number of hydrogen-bond donors (Lipinski definition) is 0. The van der Waals surface area contributed by atoms with E-state index >= 15 is 0 Å². The van der Waals surface area contributed by atoms with Crippen LogP contribution in [0.1, 0.15) is 382 Å². The number of unbranched alkanes of at least 4 members (excludes halogenated alkanes) is 42. The minimum atomic E-state index is -0.765. The van der Waals surface area contributed by atoms with Crippen molar-refractivity contribution in [3.8, 4) is 0 Å². The summed E-state index contributed by atoms with van der Waals surface area (Å²) in [4.78, 5) is 38.3. The van der Waals surface area contributed by atoms with Crippen LogP contribution in [0.15, 0.2) is 0 Å². The minimum absolute atomic E-state index is 0.0626. The first-order valence-electron chi connectivity index (χ1n) is 33.7. The van der Waals surface area contributed by atoms with E-state index in [9.17, 15) is 14.4 Å². The molecule has 0 aromatic carbocycles. The third-order valence-corrected chi connectivity index (χ3v) is 16.4. The Bertz CT molecular complexity index is 1150. The van der Waals surface area contributed by atoms with Crippen molar-refractivity contribution in [2.45, 2.75) is 388 Å². The van der Waals surface area contributed by atoms with Crippen molar-refractivity contribution >= 4 is 17.9 Å². The predicted molar refractivity (Wildman–Crippen MR) is 321 cm³/mol. The number of rotatable bonds is 61. The average Bonchev–Trinajstić information content (AvgIpc) is 3.39. The van der Waals surface area contributed by atoms with Gasteiger partial charge in [-0.1, -0.05) is 343 Å². The highest BCUT2D eigenvalue weighted by atomic mass is 16.6. The summed E-state index contributed by atoms with van der Waals surface area (Å²) in [5.41, 5.74) is 0. The molecule has 440 valence electrons. The van der Waals surface area contributed by atoms with Crippen LogP contribution in [-0.2, 0) is 28.6 Å². The Hall–Kier alpha value is -1.59. The predicted octanol–water partition coefficient (Wildman–Crippen LogP) is 22.6. The highest BCUT2D eigenvalue weighted by Gasteiger charge is 2.20. The van der Waals surface area contributed by atoms with Crippen LogP contribution in [-0.4, -0.2) is 37.2 Å². The molecule has 0 radical (unpaired) electrons. The van der Waals surface area contributed by atoms with Gasteiger partial charge in [-0.2, -0.15) is 0 Å². The van der Waals surface area contributed by atoms with Gasteiger partial charge >= 0.3 is 17.9 Å². The average molecular weight is 1050 g/mol. The van der Waals surface area contributed by atoms with Crippen molar-refractivity contribution in [3.63, 3.8) is 0 Å². The summed E-state index contributed by atoms with van der Waals surface area (Å²) in [6.45, 7) is 13.9. The fourth-order valence-electron chi connectivity index (χ4n) is 10.5. The van der Waals surface area contributed by atoms with Crippen molar-refractivity contribution < 1.29 is 28.6 Å². The largest absolute Gasteiger partial charge is 0.462 e. The molecule has 74 heavy (non-hydrogen) atoms. The molecule has 0 rings (SSSR count). The standard InChI is InChI=1S/C68H132O6/c1-7-63(5)55-49-43-37-31-25-21-17-13-9-11-15-19-23-27-33-39-45-51-57-66(69)72-60-65(61-73-67(70)58-52-46-40-35-29-30-36-42-48-54-62(3)4)74-68(71)59-53-47-41-34-28-24-20-16-12-10-14-18-22-26-32-38-44-50-56-64(6)8-2/h62-65H,7-61H2,1-6H3/t63?,64?,65-/m0/s1. The van der Waals surface area contributed by atoms with Gasteiger partial charge in [0.1, 0.15) is 13.2 Å². The lowest BCUT2D eigenvalue weighted by atomic mass is 9.99. The van der Waals surface area contributed by atoms with E-state index in [2.05, 4.69) is 41.5 Å². The SMILES string of the molecule is CCC(C)CCCCCCCCCCCCCCCCCCCCC(=O)OC[C@@H](COC(=O)CCCCCCCCCCCC(C)C)OC(=O)CCCCCCCCCCCCCCCCCCCCC(C)CC. The lowest BCUT2D eigenvalue weighted by Crippen LogP contribution is -2.30. The van der Waals surface area contributed by atoms with E-state index in [0.717, 1.165) is 75.5 Å². The summed E-state index contributed by atoms with van der Waals surface area (Å²) in [6.07, 6.45) is 65.4. The molecule has 3 atom stereocenters. The highest BCUT2D eigenvalue weighted by Crippen LogP contribution is 2.20. The van der Waals surface area contributed by atoms with Crippen LogP contribution in [0.3, 0.4) is 0 Å². The van der Waals surface area contributed by atoms with Gasteiger partial charge in [0.05, 0.1) is 0 Å². The van der Waals surface area contributed by atoms with Crippen LogP contribution >= 0.6 is 0 Å². The molecule has 0 aliphatic rings. The summed E-state index contributed by atoms with van der Waals surface area (Å²) in [6, 6.07) is 0. The second kappa shape index (κ2) is 59.1. The Balaban J connectivity index is 4.22. The Kier molecular flexibility index (Phi) is 57.8. The lowest BCUT2D eigenvalue weighted by Gasteiger charge is -2.18. The molecule has 0 aromatic heterocycles. The van der Waals surface area contributed by atoms with Crippen LogP contribution < -0.4 is 0 Å². The molecule has 0 heterocycles. The van der Waals surface area contributed by atoms with E-state index in [1.807, 2.05) is 0 Å². The zero-order valence-electron chi connectivity index (χ0n) is 51.1. The highest BCUT2D eigenvalue weighted by molar-refractivity contribution is 5.71. The van der Waals surface area contributed by atoms with Crippen LogP contribution in [0.2, 0.25) is 0 Å². The van der Waals surface area contributed by atoms with Gasteiger partial charge in [0.25, 0.3) is 0 Å². The summed E-state index contributed by atoms with van der Waals surface area (Å²) in [5, 5.41) is 0. The van der Waals surface area contributed by atoms with Gasteiger partial charge in [0, 0.05) is 19.3 Å². The summed E-state index contributed by atoms with van der Waals surface area (Å²) in [5.74, 6) is 1.79. The molecule has 0 saturated carbocycles. The summed E-state index contributed by atoms with van der Waals surface area (Å²) < 4.78 is 17.0. The van der Waals surface area contributed by atoms with Crippen molar-refractivity contribution in [2.75, 3.05) is 13.2 Å². The van der Waals surface area contributed by atoms with Gasteiger partial charge in [-0.05, 0) is 37.0 Å². The fourth-order valence-corrected chi connectivity index (χ4v) is 10.5. The number of esters is 3. The minimum Gasteiger partial charge on any atom is -0.462 e. The Morgan fingerprint density at radius 1 is 0.270 bits per heavy atom. The van der Waals surface area contributed by atoms with Crippen molar-refractivity contribution in [1.82, 2.24) is 0 Å². The summed E-state index contributed by atoms with van der Waals surface area (Å²) in [7, 11) is 0. The number of carbonyl (C=O) groups is 3. The molecular formula is C68H132O6. The molecule has 0 spiro atoms. The van der Waals surface area contributed by atoms with Gasteiger partial charge in [-0.15, -0.1) is 0 Å². The second-order valence-corrected chi connectivity index (χ2v) is 24.4. The van der Waals surface area contributed by atoms with E-state index in [-0.39, 0.29) is 31.1 Å². The zero-order valence-corrected chi connectivity index (χ0v) is 51.1. The monoisotopic (exact) mass is 1050 g/mol. The van der Waals surface area contributed by atoms with E-state index in [1.54, 1.807) is 0 Å². The molecule has 0 saturated heterocycles. The quantitative estimate of drug-likeness (QED) is 0.0343. The fraction of sp³-hybridized carbons (Fsp3) is 0.956. The Morgan fingerprint density at radius 2 is 0.473 bits per heavy atom. The molecule has 0 bridgehead atoms. The molecule has 6 nitrogen and oxygen atoms in total. The van der Waals surface area contributed by atoms with Crippen LogP contribution in [0.5, 0.6) is 0 Å². The van der Waals surface area contributed by atoms with Crippen molar-refractivity contribution in [1.29, 1.82) is 0 Å². The van der Waals surface area contributed by atoms with E-state index in [1.165, 1.54) is 263 Å². The maximum absolute atomic E-state index is 12.9. The molecule has 0 N–H and O–H groups in total. The van der Waals surface area contributed by atoms with E-state index in [0.29, 0.717) is 19.3 Å². The summed E-state index contributed by atoms with van der Waals surface area (Å²) >= 11 is 0. The molecular weight excluding hydrogens is 913 g/mol. The third-order valence-electron chi connectivity index (χ3n) is 16.4. The molecule has 0 fully saturated rings. The van der Waals surface area contributed by atoms with Gasteiger partial charge in [-0.3, -0.25) is 14.4 Å².